The van der Waals surface area contributed by atoms with E-state index in [0.717, 1.165) is 24.2 Å². The number of nitrogens with one attached hydrogen (secondary N) is 3. The van der Waals surface area contributed by atoms with Gasteiger partial charge in [0.2, 0.25) is 5.91 Å². The molecular formula is C17H23ClN4O2. The molecule has 1 fully saturated rings. The first kappa shape index (κ1) is 18.4. The molecule has 0 aliphatic carbocycles. The third kappa shape index (κ3) is 4.56. The highest BCUT2D eigenvalue weighted by Gasteiger charge is 2.29. The monoisotopic (exact) mass is 350 g/mol. The zero-order valence-electron chi connectivity index (χ0n) is 13.6. The molecule has 3 rings (SSSR count). The second-order valence-electron chi connectivity index (χ2n) is 5.80. The Morgan fingerprint density at radius 2 is 2.12 bits per heavy atom. The maximum absolute atomic E-state index is 12.3. The third-order valence-electron chi connectivity index (χ3n) is 4.09. The Morgan fingerprint density at radius 3 is 2.88 bits per heavy atom. The Hall–Kier alpha value is -1.89. The van der Waals surface area contributed by atoms with Crippen molar-refractivity contribution in [2.75, 3.05) is 7.11 Å². The van der Waals surface area contributed by atoms with Crippen molar-refractivity contribution in [2.24, 2.45) is 0 Å². The van der Waals surface area contributed by atoms with Crippen LogP contribution in [-0.4, -0.2) is 29.3 Å². The molecule has 0 saturated carbocycles. The summed E-state index contributed by atoms with van der Waals surface area (Å²) >= 11 is 0. The van der Waals surface area contributed by atoms with Crippen LogP contribution in [0.4, 0.5) is 0 Å². The average molecular weight is 351 g/mol. The number of benzene rings is 1. The Kier molecular flexibility index (Phi) is 6.78. The van der Waals surface area contributed by atoms with Crippen LogP contribution in [0.1, 0.15) is 35.8 Å². The first-order valence-corrected chi connectivity index (χ1v) is 7.87. The molecule has 7 heteroatoms. The van der Waals surface area contributed by atoms with Crippen molar-refractivity contribution in [3.05, 3.63) is 53.3 Å². The fourth-order valence-electron chi connectivity index (χ4n) is 2.93. The number of H-pyrrole nitrogens is 1. The highest BCUT2D eigenvalue weighted by atomic mass is 35.5. The minimum Gasteiger partial charge on any atom is -0.378 e. The normalized spacial score (nSPS) is 19.7. The fourth-order valence-corrected chi connectivity index (χ4v) is 2.93. The van der Waals surface area contributed by atoms with E-state index >= 15 is 0 Å². The van der Waals surface area contributed by atoms with Crippen molar-refractivity contribution in [3.63, 3.8) is 0 Å². The van der Waals surface area contributed by atoms with E-state index < -0.39 is 0 Å². The Labute approximate surface area is 147 Å². The van der Waals surface area contributed by atoms with Crippen molar-refractivity contribution in [2.45, 2.75) is 38.1 Å². The lowest BCUT2D eigenvalue weighted by Crippen LogP contribution is -2.40. The van der Waals surface area contributed by atoms with Gasteiger partial charge in [-0.15, -0.1) is 12.4 Å². The molecule has 3 N–H and O–H groups in total. The molecule has 0 bridgehead atoms. The molecule has 2 aromatic rings. The van der Waals surface area contributed by atoms with Gasteiger partial charge in [0, 0.05) is 13.2 Å². The number of methoxy groups -OCH3 is 1. The highest BCUT2D eigenvalue weighted by molar-refractivity contribution is 5.85. The van der Waals surface area contributed by atoms with Crippen molar-refractivity contribution >= 4 is 18.3 Å². The van der Waals surface area contributed by atoms with Crippen LogP contribution in [-0.2, 0) is 22.7 Å². The molecule has 1 saturated heterocycles. The summed E-state index contributed by atoms with van der Waals surface area (Å²) in [5.41, 5.74) is 2.95. The quantitative estimate of drug-likeness (QED) is 0.745. The van der Waals surface area contributed by atoms with Crippen LogP contribution in [0, 0.1) is 0 Å². The SMILES string of the molecule is COCc1cc(CNC(=O)[C@H]2CC[C@H](c3ccccc3)N2)[nH]n1.Cl. The van der Waals surface area contributed by atoms with Crippen LogP contribution < -0.4 is 10.6 Å². The summed E-state index contributed by atoms with van der Waals surface area (Å²) in [6.07, 6.45) is 1.83. The second-order valence-corrected chi connectivity index (χ2v) is 5.80. The molecular weight excluding hydrogens is 328 g/mol. The number of hydrogen-bond donors (Lipinski definition) is 3. The Balaban J connectivity index is 0.00000208. The predicted molar refractivity (Wildman–Crippen MR) is 93.7 cm³/mol. The van der Waals surface area contributed by atoms with Gasteiger partial charge in [-0.3, -0.25) is 15.2 Å². The maximum Gasteiger partial charge on any atom is 0.237 e. The highest BCUT2D eigenvalue weighted by Crippen LogP contribution is 2.26. The number of carbonyl (C=O) groups excluding carboxylic acids is 1. The summed E-state index contributed by atoms with van der Waals surface area (Å²) in [5, 5.41) is 13.4. The third-order valence-corrected chi connectivity index (χ3v) is 4.09. The van der Waals surface area contributed by atoms with Gasteiger partial charge in [0.25, 0.3) is 0 Å². The van der Waals surface area contributed by atoms with E-state index in [1.807, 2.05) is 24.3 Å². The molecule has 24 heavy (non-hydrogen) atoms. The van der Waals surface area contributed by atoms with Crippen molar-refractivity contribution < 1.29 is 9.53 Å². The van der Waals surface area contributed by atoms with E-state index in [1.165, 1.54) is 5.56 Å². The summed E-state index contributed by atoms with van der Waals surface area (Å²) in [4.78, 5) is 12.3. The lowest BCUT2D eigenvalue weighted by atomic mass is 10.1. The van der Waals surface area contributed by atoms with Gasteiger partial charge in [0.1, 0.15) is 0 Å². The number of aromatic amines is 1. The number of halogens is 1. The first-order valence-electron chi connectivity index (χ1n) is 7.87. The zero-order valence-corrected chi connectivity index (χ0v) is 14.4. The summed E-state index contributed by atoms with van der Waals surface area (Å²) in [6.45, 7) is 0.914. The number of carbonyl (C=O) groups is 1. The number of amides is 1. The van der Waals surface area contributed by atoms with E-state index in [4.69, 9.17) is 4.74 Å². The zero-order chi connectivity index (χ0) is 16.1. The van der Waals surface area contributed by atoms with E-state index in [2.05, 4.69) is 33.0 Å². The summed E-state index contributed by atoms with van der Waals surface area (Å²) in [5.74, 6) is 0.0336. The number of hydrogen-bond acceptors (Lipinski definition) is 4. The Bertz CT molecular complexity index is 647. The number of rotatable bonds is 6. The van der Waals surface area contributed by atoms with Crippen LogP contribution in [0.2, 0.25) is 0 Å². The Morgan fingerprint density at radius 1 is 1.33 bits per heavy atom. The predicted octanol–water partition coefficient (Wildman–Crippen LogP) is 2.09. The summed E-state index contributed by atoms with van der Waals surface area (Å²) < 4.78 is 5.02. The molecule has 6 nitrogen and oxygen atoms in total. The van der Waals surface area contributed by atoms with Gasteiger partial charge < -0.3 is 10.1 Å². The first-order chi connectivity index (χ1) is 11.3. The van der Waals surface area contributed by atoms with Crippen molar-refractivity contribution in [1.82, 2.24) is 20.8 Å². The van der Waals surface area contributed by atoms with Crippen LogP contribution in [0.3, 0.4) is 0 Å². The van der Waals surface area contributed by atoms with E-state index in [0.29, 0.717) is 13.2 Å². The molecule has 2 heterocycles. The topological polar surface area (TPSA) is 79.0 Å². The fraction of sp³-hybridized carbons (Fsp3) is 0.412. The minimum absolute atomic E-state index is 0. The molecule has 1 aromatic carbocycles. The molecule has 0 radical (unpaired) electrons. The van der Waals surface area contributed by atoms with Crippen molar-refractivity contribution in [1.29, 1.82) is 0 Å². The lowest BCUT2D eigenvalue weighted by Gasteiger charge is -2.14. The van der Waals surface area contributed by atoms with E-state index in [9.17, 15) is 4.79 Å². The molecule has 2 atom stereocenters. The number of nitrogens with zero attached hydrogens (tertiary/aromatic N) is 1. The molecule has 1 amide bonds. The second kappa shape index (κ2) is 8.82. The van der Waals surface area contributed by atoms with Gasteiger partial charge in [-0.2, -0.15) is 5.10 Å². The smallest absolute Gasteiger partial charge is 0.237 e. The molecule has 1 aliphatic rings. The number of aromatic nitrogens is 2. The lowest BCUT2D eigenvalue weighted by molar-refractivity contribution is -0.123. The molecule has 0 spiro atoms. The van der Waals surface area contributed by atoms with Gasteiger partial charge in [-0.05, 0) is 24.5 Å². The van der Waals surface area contributed by atoms with Gasteiger partial charge >= 0.3 is 0 Å². The van der Waals surface area contributed by atoms with E-state index in [-0.39, 0.29) is 30.4 Å². The average Bonchev–Trinajstić information content (AvgIpc) is 3.23. The molecule has 130 valence electrons. The van der Waals surface area contributed by atoms with Gasteiger partial charge in [0.05, 0.1) is 30.6 Å². The largest absolute Gasteiger partial charge is 0.378 e. The van der Waals surface area contributed by atoms with Crippen LogP contribution >= 0.6 is 12.4 Å². The standard InChI is InChI=1S/C17H22N4O2.ClH/c1-23-11-14-9-13(20-21-14)10-18-17(22)16-8-7-15(19-16)12-5-3-2-4-6-12;/h2-6,9,15-16,19H,7-8,10-11H2,1H3,(H,18,22)(H,20,21);1H/t15-,16-;/m1./s1. The molecule has 0 unspecified atom stereocenters. The van der Waals surface area contributed by atoms with E-state index in [1.54, 1.807) is 7.11 Å². The van der Waals surface area contributed by atoms with Crippen LogP contribution in [0.5, 0.6) is 0 Å². The summed E-state index contributed by atoms with van der Waals surface area (Å²) in [6, 6.07) is 12.3. The minimum atomic E-state index is -0.137. The van der Waals surface area contributed by atoms with Crippen LogP contribution in [0.25, 0.3) is 0 Å². The summed E-state index contributed by atoms with van der Waals surface area (Å²) in [7, 11) is 1.63. The van der Waals surface area contributed by atoms with Gasteiger partial charge in [0.15, 0.2) is 0 Å². The van der Waals surface area contributed by atoms with Crippen molar-refractivity contribution in [3.8, 4) is 0 Å². The van der Waals surface area contributed by atoms with Gasteiger partial charge in [-0.25, -0.2) is 0 Å². The van der Waals surface area contributed by atoms with Crippen LogP contribution in [0.15, 0.2) is 36.4 Å². The number of ether oxygens (including phenoxy) is 1. The van der Waals surface area contributed by atoms with Gasteiger partial charge in [-0.1, -0.05) is 30.3 Å². The maximum atomic E-state index is 12.3. The molecule has 1 aliphatic heterocycles. The molecule has 1 aromatic heterocycles.